The Bertz CT molecular complexity index is 1210. The number of hydrogen-bond acceptors (Lipinski definition) is 6. The lowest BCUT2D eigenvalue weighted by atomic mass is 9.57. The molecule has 0 radical (unpaired) electrons. The second kappa shape index (κ2) is 12.4. The van der Waals surface area contributed by atoms with Gasteiger partial charge in [-0.2, -0.15) is 0 Å². The van der Waals surface area contributed by atoms with Crippen molar-refractivity contribution in [2.75, 3.05) is 13.2 Å². The third kappa shape index (κ3) is 5.88. The zero-order valence-electron chi connectivity index (χ0n) is 22.5. The molecule has 0 heterocycles. The summed E-state index contributed by atoms with van der Waals surface area (Å²) in [5.41, 5.74) is -7.44. The molecule has 0 aromatic heterocycles. The molecular formula is C34H38O6. The van der Waals surface area contributed by atoms with Gasteiger partial charge in [0.25, 0.3) is 0 Å². The highest BCUT2D eigenvalue weighted by Crippen LogP contribution is 2.47. The van der Waals surface area contributed by atoms with Gasteiger partial charge in [-0.25, -0.2) is 0 Å². The lowest BCUT2D eigenvalue weighted by Gasteiger charge is -2.57. The molecule has 0 aliphatic carbocycles. The van der Waals surface area contributed by atoms with Gasteiger partial charge in [-0.05, 0) is 22.3 Å². The average Bonchev–Trinajstić information content (AvgIpc) is 2.98. The summed E-state index contributed by atoms with van der Waals surface area (Å²) in [6.45, 7) is -1.84. The van der Waals surface area contributed by atoms with Gasteiger partial charge in [0.05, 0.1) is 13.2 Å². The molecule has 4 rings (SSSR count). The molecule has 4 unspecified atom stereocenters. The molecule has 6 nitrogen and oxygen atoms in total. The molecule has 0 saturated heterocycles. The molecular weight excluding hydrogens is 504 g/mol. The topological polar surface area (TPSA) is 121 Å². The fourth-order valence-corrected chi connectivity index (χ4v) is 5.71. The SMILES string of the molecule is OCC(O)(Cc1ccccc1)C(O)(Cc1ccccc1)C(O)(Cc1ccccc1)C(O)(CO)Cc1ccccc1. The molecule has 0 fully saturated rings. The number of rotatable bonds is 13. The molecule has 40 heavy (non-hydrogen) atoms. The molecule has 0 bridgehead atoms. The van der Waals surface area contributed by atoms with Crippen molar-refractivity contribution in [2.24, 2.45) is 0 Å². The fourth-order valence-electron chi connectivity index (χ4n) is 5.71. The fraction of sp³-hybridized carbons (Fsp3) is 0.294. The molecule has 4 aromatic carbocycles. The van der Waals surface area contributed by atoms with Crippen molar-refractivity contribution in [3.05, 3.63) is 144 Å². The average molecular weight is 543 g/mol. The highest BCUT2D eigenvalue weighted by molar-refractivity contribution is 5.33. The van der Waals surface area contributed by atoms with E-state index < -0.39 is 35.6 Å². The van der Waals surface area contributed by atoms with Gasteiger partial charge < -0.3 is 30.6 Å². The third-order valence-corrected chi connectivity index (χ3v) is 8.03. The van der Waals surface area contributed by atoms with E-state index in [0.29, 0.717) is 22.3 Å². The molecule has 4 aromatic rings. The van der Waals surface area contributed by atoms with Gasteiger partial charge in [-0.15, -0.1) is 0 Å². The van der Waals surface area contributed by atoms with Crippen LogP contribution in [0.25, 0.3) is 0 Å². The summed E-state index contributed by atoms with van der Waals surface area (Å²) in [5.74, 6) is 0. The van der Waals surface area contributed by atoms with Crippen LogP contribution in [-0.4, -0.2) is 66.3 Å². The van der Waals surface area contributed by atoms with Gasteiger partial charge in [0.15, 0.2) is 0 Å². The largest absolute Gasteiger partial charge is 0.393 e. The second-order valence-electron chi connectivity index (χ2n) is 10.7. The normalized spacial score (nSPS) is 17.6. The van der Waals surface area contributed by atoms with E-state index in [4.69, 9.17) is 0 Å². The summed E-state index contributed by atoms with van der Waals surface area (Å²) in [7, 11) is 0. The van der Waals surface area contributed by atoms with Crippen LogP contribution < -0.4 is 0 Å². The summed E-state index contributed by atoms with van der Waals surface area (Å²) in [6.07, 6.45) is -1.09. The first-order valence-corrected chi connectivity index (χ1v) is 13.5. The van der Waals surface area contributed by atoms with Crippen LogP contribution in [0.3, 0.4) is 0 Å². The quantitative estimate of drug-likeness (QED) is 0.155. The third-order valence-electron chi connectivity index (χ3n) is 8.03. The molecule has 6 N–H and O–H groups in total. The first-order valence-electron chi connectivity index (χ1n) is 13.5. The minimum Gasteiger partial charge on any atom is -0.393 e. The Morgan fingerprint density at radius 2 is 0.575 bits per heavy atom. The lowest BCUT2D eigenvalue weighted by Crippen LogP contribution is -2.79. The Balaban J connectivity index is 1.96. The second-order valence-corrected chi connectivity index (χ2v) is 10.7. The molecule has 4 atom stereocenters. The predicted molar refractivity (Wildman–Crippen MR) is 155 cm³/mol. The van der Waals surface area contributed by atoms with Crippen LogP contribution in [0.15, 0.2) is 121 Å². The van der Waals surface area contributed by atoms with Crippen LogP contribution in [0.4, 0.5) is 0 Å². The Hall–Kier alpha value is -3.36. The minimum absolute atomic E-state index is 0.225. The van der Waals surface area contributed by atoms with E-state index in [-0.39, 0.29) is 25.7 Å². The Kier molecular flexibility index (Phi) is 9.21. The van der Waals surface area contributed by atoms with Crippen LogP contribution in [0.5, 0.6) is 0 Å². The standard InChI is InChI=1S/C34H38O6/c35-25-31(37,21-27-13-5-1-6-14-27)33(39,23-29-17-9-3-10-18-29)34(40,24-30-19-11-4-12-20-30)32(38,26-36)22-28-15-7-2-8-16-28/h1-20,35-40H,21-26H2. The van der Waals surface area contributed by atoms with Crippen molar-refractivity contribution in [1.82, 2.24) is 0 Å². The monoisotopic (exact) mass is 542 g/mol. The minimum atomic E-state index is -2.56. The van der Waals surface area contributed by atoms with E-state index in [2.05, 4.69) is 0 Å². The lowest BCUT2D eigenvalue weighted by molar-refractivity contribution is -0.311. The van der Waals surface area contributed by atoms with Gasteiger partial charge in [0.2, 0.25) is 0 Å². The first kappa shape index (κ1) is 29.6. The zero-order valence-corrected chi connectivity index (χ0v) is 22.5. The maximum Gasteiger partial charge on any atom is 0.132 e. The molecule has 0 spiro atoms. The van der Waals surface area contributed by atoms with E-state index in [1.807, 2.05) is 12.1 Å². The first-order chi connectivity index (χ1) is 19.2. The van der Waals surface area contributed by atoms with Gasteiger partial charge >= 0.3 is 0 Å². The molecule has 210 valence electrons. The van der Waals surface area contributed by atoms with Crippen molar-refractivity contribution in [3.8, 4) is 0 Å². The zero-order chi connectivity index (χ0) is 28.7. The van der Waals surface area contributed by atoms with Crippen molar-refractivity contribution in [2.45, 2.75) is 48.1 Å². The molecule has 0 amide bonds. The Morgan fingerprint density at radius 3 is 0.800 bits per heavy atom. The molecule has 0 saturated carbocycles. The van der Waals surface area contributed by atoms with Crippen molar-refractivity contribution < 1.29 is 30.6 Å². The van der Waals surface area contributed by atoms with Crippen molar-refractivity contribution >= 4 is 0 Å². The summed E-state index contributed by atoms with van der Waals surface area (Å²) in [5, 5.41) is 71.7. The van der Waals surface area contributed by atoms with Crippen LogP contribution in [0.1, 0.15) is 22.3 Å². The van der Waals surface area contributed by atoms with Gasteiger partial charge in [-0.1, -0.05) is 121 Å². The molecule has 0 aliphatic heterocycles. The molecule has 6 heteroatoms. The van der Waals surface area contributed by atoms with Gasteiger partial charge in [0.1, 0.15) is 22.4 Å². The predicted octanol–water partition coefficient (Wildman–Crippen LogP) is 2.87. The highest BCUT2D eigenvalue weighted by Gasteiger charge is 2.68. The number of aliphatic hydroxyl groups is 6. The number of hydrogen-bond donors (Lipinski definition) is 6. The van der Waals surface area contributed by atoms with Crippen molar-refractivity contribution in [1.29, 1.82) is 0 Å². The maximum atomic E-state index is 12.8. The van der Waals surface area contributed by atoms with Gasteiger partial charge in [-0.3, -0.25) is 0 Å². The van der Waals surface area contributed by atoms with E-state index in [1.54, 1.807) is 109 Å². The van der Waals surface area contributed by atoms with E-state index in [0.717, 1.165) is 0 Å². The van der Waals surface area contributed by atoms with Crippen LogP contribution in [0.2, 0.25) is 0 Å². The van der Waals surface area contributed by atoms with E-state index in [9.17, 15) is 30.6 Å². The highest BCUT2D eigenvalue weighted by atomic mass is 16.4. The number of benzene rings is 4. The van der Waals surface area contributed by atoms with Gasteiger partial charge in [0, 0.05) is 25.7 Å². The van der Waals surface area contributed by atoms with Crippen LogP contribution in [-0.2, 0) is 25.7 Å². The number of aliphatic hydroxyl groups excluding tert-OH is 2. The van der Waals surface area contributed by atoms with Crippen molar-refractivity contribution in [3.63, 3.8) is 0 Å². The summed E-state index contributed by atoms with van der Waals surface area (Å²) < 4.78 is 0. The Labute approximate surface area is 235 Å². The summed E-state index contributed by atoms with van der Waals surface area (Å²) in [4.78, 5) is 0. The van der Waals surface area contributed by atoms with Crippen LogP contribution in [0, 0.1) is 0 Å². The van der Waals surface area contributed by atoms with E-state index >= 15 is 0 Å². The summed E-state index contributed by atoms with van der Waals surface area (Å²) in [6, 6.07) is 35.4. The maximum absolute atomic E-state index is 12.8. The van der Waals surface area contributed by atoms with E-state index in [1.165, 1.54) is 0 Å². The Morgan fingerprint density at radius 1 is 0.350 bits per heavy atom. The van der Waals surface area contributed by atoms with Crippen LogP contribution >= 0.6 is 0 Å². The molecule has 0 aliphatic rings. The summed E-state index contributed by atoms with van der Waals surface area (Å²) >= 11 is 0. The smallest absolute Gasteiger partial charge is 0.132 e.